The molecule has 1 aromatic carbocycles. The number of nitrogens with zero attached hydrogens (tertiary/aromatic N) is 1. The van der Waals surface area contributed by atoms with Gasteiger partial charge in [0, 0.05) is 13.5 Å². The molecular weight excluding hydrogens is 202 g/mol. The van der Waals surface area contributed by atoms with Crippen LogP contribution in [0, 0.1) is 6.92 Å². The van der Waals surface area contributed by atoms with E-state index in [9.17, 15) is 4.79 Å². The van der Waals surface area contributed by atoms with Crippen molar-refractivity contribution in [1.29, 1.82) is 0 Å². The third kappa shape index (κ3) is 2.25. The third-order valence-electron chi connectivity index (χ3n) is 3.05. The molecule has 0 N–H and O–H groups in total. The Morgan fingerprint density at radius 3 is 2.88 bits per heavy atom. The van der Waals surface area contributed by atoms with E-state index in [2.05, 4.69) is 19.1 Å². The summed E-state index contributed by atoms with van der Waals surface area (Å²) in [5.74, 6) is 0.127. The molecule has 1 aliphatic heterocycles. The molecule has 16 heavy (non-hydrogen) atoms. The van der Waals surface area contributed by atoms with Gasteiger partial charge in [-0.25, -0.2) is 0 Å². The minimum Gasteiger partial charge on any atom is -0.370 e. The number of rotatable bonds is 1. The van der Waals surface area contributed by atoms with Gasteiger partial charge in [-0.2, -0.15) is 0 Å². The molecule has 1 aromatic rings. The van der Waals surface area contributed by atoms with Crippen molar-refractivity contribution in [3.05, 3.63) is 35.4 Å². The lowest BCUT2D eigenvalue weighted by Gasteiger charge is -2.33. The summed E-state index contributed by atoms with van der Waals surface area (Å²) in [5, 5.41) is 0. The summed E-state index contributed by atoms with van der Waals surface area (Å²) in [6.45, 7) is 5.68. The van der Waals surface area contributed by atoms with E-state index in [0.717, 1.165) is 0 Å². The summed E-state index contributed by atoms with van der Waals surface area (Å²) in [4.78, 5) is 13.2. The first-order valence-corrected chi connectivity index (χ1v) is 5.61. The largest absolute Gasteiger partial charge is 0.370 e. The Kier molecular flexibility index (Phi) is 3.25. The molecule has 3 heteroatoms. The zero-order valence-corrected chi connectivity index (χ0v) is 9.77. The molecule has 0 saturated carbocycles. The number of aryl methyl sites for hydroxylation is 1. The van der Waals surface area contributed by atoms with Gasteiger partial charge in [0.15, 0.2) is 0 Å². The SMILES string of the molecule is CC(=O)N1CCO[C@@H](c2ccccc2C)C1. The highest BCUT2D eigenvalue weighted by Gasteiger charge is 2.24. The summed E-state index contributed by atoms with van der Waals surface area (Å²) in [6, 6.07) is 8.18. The third-order valence-corrected chi connectivity index (χ3v) is 3.05. The molecule has 0 unspecified atom stereocenters. The van der Waals surface area contributed by atoms with Gasteiger partial charge < -0.3 is 9.64 Å². The van der Waals surface area contributed by atoms with E-state index in [0.29, 0.717) is 19.7 Å². The van der Waals surface area contributed by atoms with Crippen LogP contribution in [-0.2, 0) is 9.53 Å². The van der Waals surface area contributed by atoms with Crippen molar-refractivity contribution in [2.45, 2.75) is 20.0 Å². The van der Waals surface area contributed by atoms with E-state index < -0.39 is 0 Å². The van der Waals surface area contributed by atoms with Crippen molar-refractivity contribution in [2.75, 3.05) is 19.7 Å². The number of hydrogen-bond acceptors (Lipinski definition) is 2. The first-order valence-electron chi connectivity index (χ1n) is 5.61. The molecule has 1 fully saturated rings. The van der Waals surface area contributed by atoms with Crippen LogP contribution in [0.1, 0.15) is 24.2 Å². The number of morpholine rings is 1. The van der Waals surface area contributed by atoms with Gasteiger partial charge in [0.1, 0.15) is 6.10 Å². The standard InChI is InChI=1S/C13H17NO2/c1-10-5-3-4-6-12(10)13-9-14(11(2)15)7-8-16-13/h3-6,13H,7-9H2,1-2H3/t13-/m1/s1. The fourth-order valence-corrected chi connectivity index (χ4v) is 2.07. The lowest BCUT2D eigenvalue weighted by molar-refractivity contribution is -0.136. The summed E-state index contributed by atoms with van der Waals surface area (Å²) in [5.41, 5.74) is 2.41. The van der Waals surface area contributed by atoms with Crippen LogP contribution >= 0.6 is 0 Å². The van der Waals surface area contributed by atoms with Gasteiger partial charge in [-0.1, -0.05) is 24.3 Å². The van der Waals surface area contributed by atoms with Crippen LogP contribution in [0.4, 0.5) is 0 Å². The van der Waals surface area contributed by atoms with E-state index in [1.807, 2.05) is 17.0 Å². The summed E-state index contributed by atoms with van der Waals surface area (Å²) < 4.78 is 5.73. The zero-order valence-electron chi connectivity index (χ0n) is 9.77. The van der Waals surface area contributed by atoms with E-state index in [1.54, 1.807) is 6.92 Å². The summed E-state index contributed by atoms with van der Waals surface area (Å²) >= 11 is 0. The van der Waals surface area contributed by atoms with Crippen LogP contribution in [0.3, 0.4) is 0 Å². The molecule has 1 atom stereocenters. The first-order chi connectivity index (χ1) is 7.68. The van der Waals surface area contributed by atoms with Crippen LogP contribution in [-0.4, -0.2) is 30.5 Å². The topological polar surface area (TPSA) is 29.5 Å². The van der Waals surface area contributed by atoms with E-state index >= 15 is 0 Å². The molecule has 86 valence electrons. The second kappa shape index (κ2) is 4.66. The number of carbonyl (C=O) groups excluding carboxylic acids is 1. The Hall–Kier alpha value is -1.35. The Morgan fingerprint density at radius 1 is 1.44 bits per heavy atom. The molecule has 1 saturated heterocycles. The van der Waals surface area contributed by atoms with Crippen molar-refractivity contribution in [3.8, 4) is 0 Å². The average molecular weight is 219 g/mol. The normalized spacial score (nSPS) is 20.9. The van der Waals surface area contributed by atoms with Crippen molar-refractivity contribution in [3.63, 3.8) is 0 Å². The summed E-state index contributed by atoms with van der Waals surface area (Å²) in [6.07, 6.45) is 0.0267. The summed E-state index contributed by atoms with van der Waals surface area (Å²) in [7, 11) is 0. The van der Waals surface area contributed by atoms with E-state index in [1.165, 1.54) is 11.1 Å². The Morgan fingerprint density at radius 2 is 2.19 bits per heavy atom. The van der Waals surface area contributed by atoms with Gasteiger partial charge in [-0.3, -0.25) is 4.79 Å². The number of benzene rings is 1. The molecular formula is C13H17NO2. The second-order valence-corrected chi connectivity index (χ2v) is 4.18. The number of hydrogen-bond donors (Lipinski definition) is 0. The Balaban J connectivity index is 2.16. The molecule has 0 spiro atoms. The van der Waals surface area contributed by atoms with Crippen molar-refractivity contribution in [1.82, 2.24) is 4.90 Å². The van der Waals surface area contributed by atoms with Gasteiger partial charge >= 0.3 is 0 Å². The fraction of sp³-hybridized carbons (Fsp3) is 0.462. The zero-order chi connectivity index (χ0) is 11.5. The molecule has 0 radical (unpaired) electrons. The second-order valence-electron chi connectivity index (χ2n) is 4.18. The Bertz CT molecular complexity index is 389. The average Bonchev–Trinajstić information content (AvgIpc) is 2.30. The highest BCUT2D eigenvalue weighted by Crippen LogP contribution is 2.24. The monoisotopic (exact) mass is 219 g/mol. The van der Waals surface area contributed by atoms with Crippen LogP contribution in [0.2, 0.25) is 0 Å². The molecule has 3 nitrogen and oxygen atoms in total. The lowest BCUT2D eigenvalue weighted by Crippen LogP contribution is -2.41. The van der Waals surface area contributed by atoms with E-state index in [4.69, 9.17) is 4.74 Å². The van der Waals surface area contributed by atoms with Crippen LogP contribution in [0.15, 0.2) is 24.3 Å². The Labute approximate surface area is 96.0 Å². The van der Waals surface area contributed by atoms with E-state index in [-0.39, 0.29) is 12.0 Å². The molecule has 1 heterocycles. The van der Waals surface area contributed by atoms with Gasteiger partial charge in [-0.15, -0.1) is 0 Å². The van der Waals surface area contributed by atoms with Gasteiger partial charge in [0.2, 0.25) is 5.91 Å². The molecule has 1 amide bonds. The maximum Gasteiger partial charge on any atom is 0.219 e. The van der Waals surface area contributed by atoms with Crippen LogP contribution in [0.25, 0.3) is 0 Å². The highest BCUT2D eigenvalue weighted by molar-refractivity contribution is 5.73. The van der Waals surface area contributed by atoms with Crippen molar-refractivity contribution in [2.24, 2.45) is 0 Å². The smallest absolute Gasteiger partial charge is 0.219 e. The predicted molar refractivity (Wildman–Crippen MR) is 62.1 cm³/mol. The molecule has 1 aliphatic rings. The maximum atomic E-state index is 11.3. The van der Waals surface area contributed by atoms with Crippen LogP contribution < -0.4 is 0 Å². The predicted octanol–water partition coefficient (Wildman–Crippen LogP) is 1.91. The number of amides is 1. The van der Waals surface area contributed by atoms with Gasteiger partial charge in [-0.05, 0) is 18.1 Å². The van der Waals surface area contributed by atoms with Gasteiger partial charge in [0.05, 0.1) is 13.2 Å². The molecule has 2 rings (SSSR count). The number of ether oxygens (including phenoxy) is 1. The molecule has 0 aliphatic carbocycles. The quantitative estimate of drug-likeness (QED) is 0.722. The number of carbonyl (C=O) groups is 1. The van der Waals surface area contributed by atoms with Crippen LogP contribution in [0.5, 0.6) is 0 Å². The fourth-order valence-electron chi connectivity index (χ4n) is 2.07. The minimum absolute atomic E-state index is 0.0267. The minimum atomic E-state index is 0.0267. The van der Waals surface area contributed by atoms with Crippen molar-refractivity contribution >= 4 is 5.91 Å². The molecule has 0 aromatic heterocycles. The highest BCUT2D eigenvalue weighted by atomic mass is 16.5. The molecule has 0 bridgehead atoms. The van der Waals surface area contributed by atoms with Crippen molar-refractivity contribution < 1.29 is 9.53 Å². The van der Waals surface area contributed by atoms with Gasteiger partial charge in [0.25, 0.3) is 0 Å². The lowest BCUT2D eigenvalue weighted by atomic mass is 10.0. The first kappa shape index (κ1) is 11.1. The maximum absolute atomic E-state index is 11.3.